The minimum absolute atomic E-state index is 0.0386. The predicted octanol–water partition coefficient (Wildman–Crippen LogP) is 2.49. The summed E-state index contributed by atoms with van der Waals surface area (Å²) in [7, 11) is 0. The van der Waals surface area contributed by atoms with Crippen LogP contribution in [0.2, 0.25) is 0 Å². The van der Waals surface area contributed by atoms with Gasteiger partial charge in [-0.2, -0.15) is 0 Å². The monoisotopic (exact) mass is 258 g/mol. The first-order valence-electron chi connectivity index (χ1n) is 6.39. The van der Waals surface area contributed by atoms with E-state index in [1.165, 1.54) is 0 Å². The van der Waals surface area contributed by atoms with Gasteiger partial charge in [-0.25, -0.2) is 0 Å². The SMILES string of the molecule is CCC(C)CC(C)NC(=O)C(C(N)=S)C(C)C. The summed E-state index contributed by atoms with van der Waals surface area (Å²) in [5, 5.41) is 3.00. The molecule has 0 aromatic rings. The van der Waals surface area contributed by atoms with Crippen LogP contribution in [0.1, 0.15) is 47.5 Å². The number of hydrogen-bond donors (Lipinski definition) is 2. The first-order valence-corrected chi connectivity index (χ1v) is 6.80. The molecule has 0 aliphatic rings. The van der Waals surface area contributed by atoms with Gasteiger partial charge in [0.1, 0.15) is 0 Å². The van der Waals surface area contributed by atoms with E-state index in [0.29, 0.717) is 5.92 Å². The molecule has 0 aromatic carbocycles. The summed E-state index contributed by atoms with van der Waals surface area (Å²) in [5.41, 5.74) is 5.61. The van der Waals surface area contributed by atoms with E-state index >= 15 is 0 Å². The highest BCUT2D eigenvalue weighted by atomic mass is 32.1. The Morgan fingerprint density at radius 1 is 1.29 bits per heavy atom. The summed E-state index contributed by atoms with van der Waals surface area (Å²) in [4.78, 5) is 12.3. The summed E-state index contributed by atoms with van der Waals surface area (Å²) in [6.07, 6.45) is 2.12. The van der Waals surface area contributed by atoms with E-state index in [1.54, 1.807) is 0 Å². The second-order valence-corrected chi connectivity index (χ2v) is 5.75. The molecule has 1 amide bonds. The first-order chi connectivity index (χ1) is 7.79. The Labute approximate surface area is 111 Å². The number of thiocarbonyl (C=S) groups is 1. The Morgan fingerprint density at radius 2 is 1.82 bits per heavy atom. The normalized spacial score (nSPS) is 16.4. The predicted molar refractivity (Wildman–Crippen MR) is 76.8 cm³/mol. The molecular weight excluding hydrogens is 232 g/mol. The molecule has 3 N–H and O–H groups in total. The summed E-state index contributed by atoms with van der Waals surface area (Å²) in [6.45, 7) is 10.3. The molecule has 17 heavy (non-hydrogen) atoms. The smallest absolute Gasteiger partial charge is 0.230 e. The molecule has 4 heteroatoms. The highest BCUT2D eigenvalue weighted by molar-refractivity contribution is 7.80. The number of nitrogens with one attached hydrogen (secondary N) is 1. The van der Waals surface area contributed by atoms with Gasteiger partial charge in [0.25, 0.3) is 0 Å². The summed E-state index contributed by atoms with van der Waals surface area (Å²) in [5.74, 6) is 0.364. The molecule has 100 valence electrons. The van der Waals surface area contributed by atoms with Crippen LogP contribution >= 0.6 is 12.2 Å². The number of carbonyl (C=O) groups is 1. The molecule has 0 bridgehead atoms. The lowest BCUT2D eigenvalue weighted by Gasteiger charge is -2.23. The van der Waals surface area contributed by atoms with Crippen LogP contribution in [0.3, 0.4) is 0 Å². The average molecular weight is 258 g/mol. The Morgan fingerprint density at radius 3 is 2.18 bits per heavy atom. The van der Waals surface area contributed by atoms with E-state index in [0.717, 1.165) is 12.8 Å². The standard InChI is InChI=1S/C13H26N2OS/c1-6-9(4)7-10(5)15-13(16)11(8(2)3)12(14)17/h8-11H,6-7H2,1-5H3,(H2,14,17)(H,15,16). The van der Waals surface area contributed by atoms with Gasteiger partial charge in [0, 0.05) is 6.04 Å². The molecule has 0 saturated carbocycles. The van der Waals surface area contributed by atoms with Gasteiger partial charge >= 0.3 is 0 Å². The molecule has 3 atom stereocenters. The fraction of sp³-hybridized carbons (Fsp3) is 0.846. The molecule has 0 radical (unpaired) electrons. The Hall–Kier alpha value is -0.640. The van der Waals surface area contributed by atoms with E-state index in [1.807, 2.05) is 20.8 Å². The van der Waals surface area contributed by atoms with Crippen LogP contribution in [-0.2, 0) is 4.79 Å². The van der Waals surface area contributed by atoms with Crippen LogP contribution in [-0.4, -0.2) is 16.9 Å². The second-order valence-electron chi connectivity index (χ2n) is 5.28. The minimum Gasteiger partial charge on any atom is -0.393 e. The fourth-order valence-corrected chi connectivity index (χ4v) is 2.30. The molecule has 3 unspecified atom stereocenters. The Bertz CT molecular complexity index is 266. The third-order valence-corrected chi connectivity index (χ3v) is 3.35. The topological polar surface area (TPSA) is 55.1 Å². The highest BCUT2D eigenvalue weighted by Gasteiger charge is 2.26. The van der Waals surface area contributed by atoms with Crippen molar-refractivity contribution in [2.75, 3.05) is 0 Å². The molecule has 0 heterocycles. The zero-order chi connectivity index (χ0) is 13.6. The zero-order valence-corrected chi connectivity index (χ0v) is 12.4. The van der Waals surface area contributed by atoms with E-state index in [2.05, 4.69) is 19.2 Å². The third-order valence-electron chi connectivity index (χ3n) is 3.10. The molecule has 0 spiro atoms. The lowest BCUT2D eigenvalue weighted by molar-refractivity contribution is -0.124. The maximum atomic E-state index is 12.0. The molecular formula is C13H26N2OS. The maximum absolute atomic E-state index is 12.0. The van der Waals surface area contributed by atoms with Crippen LogP contribution in [0.5, 0.6) is 0 Å². The Kier molecular flexibility index (Phi) is 7.35. The van der Waals surface area contributed by atoms with Gasteiger partial charge in [0.15, 0.2) is 0 Å². The number of rotatable bonds is 7. The van der Waals surface area contributed by atoms with Crippen molar-refractivity contribution in [3.05, 3.63) is 0 Å². The molecule has 0 aromatic heterocycles. The van der Waals surface area contributed by atoms with Crippen LogP contribution < -0.4 is 11.1 Å². The lowest BCUT2D eigenvalue weighted by Crippen LogP contribution is -2.44. The van der Waals surface area contributed by atoms with Crippen LogP contribution in [0.4, 0.5) is 0 Å². The fourth-order valence-electron chi connectivity index (χ4n) is 1.92. The number of nitrogens with two attached hydrogens (primary N) is 1. The quantitative estimate of drug-likeness (QED) is 0.690. The van der Waals surface area contributed by atoms with Crippen molar-refractivity contribution in [1.82, 2.24) is 5.32 Å². The lowest BCUT2D eigenvalue weighted by atomic mass is 9.94. The van der Waals surface area contributed by atoms with Crippen molar-refractivity contribution in [3.8, 4) is 0 Å². The van der Waals surface area contributed by atoms with E-state index in [4.69, 9.17) is 18.0 Å². The van der Waals surface area contributed by atoms with Gasteiger partial charge < -0.3 is 11.1 Å². The van der Waals surface area contributed by atoms with E-state index in [-0.39, 0.29) is 28.8 Å². The van der Waals surface area contributed by atoms with Gasteiger partial charge in [-0.1, -0.05) is 46.3 Å². The maximum Gasteiger partial charge on any atom is 0.230 e. The first kappa shape index (κ1) is 16.4. The Balaban J connectivity index is 4.36. The molecule has 0 aliphatic heterocycles. The van der Waals surface area contributed by atoms with Gasteiger partial charge in [-0.05, 0) is 25.2 Å². The van der Waals surface area contributed by atoms with Gasteiger partial charge in [0.05, 0.1) is 10.9 Å². The molecule has 0 aliphatic carbocycles. The third kappa shape index (κ3) is 6.01. The summed E-state index contributed by atoms with van der Waals surface area (Å²) >= 11 is 4.95. The largest absolute Gasteiger partial charge is 0.393 e. The van der Waals surface area contributed by atoms with E-state index in [9.17, 15) is 4.79 Å². The van der Waals surface area contributed by atoms with Crippen molar-refractivity contribution >= 4 is 23.1 Å². The minimum atomic E-state index is -0.357. The number of hydrogen-bond acceptors (Lipinski definition) is 2. The van der Waals surface area contributed by atoms with Gasteiger partial charge in [0.2, 0.25) is 5.91 Å². The van der Waals surface area contributed by atoms with Gasteiger partial charge in [-0.3, -0.25) is 4.79 Å². The van der Waals surface area contributed by atoms with Crippen molar-refractivity contribution in [1.29, 1.82) is 0 Å². The number of amides is 1. The number of carbonyl (C=O) groups excluding carboxylic acids is 1. The molecule has 0 fully saturated rings. The van der Waals surface area contributed by atoms with Crippen molar-refractivity contribution < 1.29 is 4.79 Å². The van der Waals surface area contributed by atoms with E-state index < -0.39 is 0 Å². The van der Waals surface area contributed by atoms with Crippen molar-refractivity contribution in [2.45, 2.75) is 53.5 Å². The highest BCUT2D eigenvalue weighted by Crippen LogP contribution is 2.14. The average Bonchev–Trinajstić information content (AvgIpc) is 2.15. The summed E-state index contributed by atoms with van der Waals surface area (Å²) in [6, 6.07) is 0.174. The molecule has 0 rings (SSSR count). The van der Waals surface area contributed by atoms with Crippen LogP contribution in [0.25, 0.3) is 0 Å². The zero-order valence-electron chi connectivity index (χ0n) is 11.6. The van der Waals surface area contributed by atoms with Crippen LogP contribution in [0.15, 0.2) is 0 Å². The molecule has 0 saturated heterocycles. The van der Waals surface area contributed by atoms with Crippen LogP contribution in [0, 0.1) is 17.8 Å². The second kappa shape index (κ2) is 7.64. The summed E-state index contributed by atoms with van der Waals surface area (Å²) < 4.78 is 0. The van der Waals surface area contributed by atoms with Gasteiger partial charge in [-0.15, -0.1) is 0 Å². The molecule has 3 nitrogen and oxygen atoms in total. The van der Waals surface area contributed by atoms with Crippen molar-refractivity contribution in [3.63, 3.8) is 0 Å². The van der Waals surface area contributed by atoms with Crippen molar-refractivity contribution in [2.24, 2.45) is 23.5 Å².